The first kappa shape index (κ1) is 10.2. The lowest BCUT2D eigenvalue weighted by molar-refractivity contribution is -0.356. The second-order valence-corrected chi connectivity index (χ2v) is 3.11. The van der Waals surface area contributed by atoms with Crippen molar-refractivity contribution in [3.05, 3.63) is 24.3 Å². The summed E-state index contributed by atoms with van der Waals surface area (Å²) >= 11 is 0. The van der Waals surface area contributed by atoms with E-state index >= 15 is 0 Å². The number of aliphatic imine (C=N–C) groups is 1. The Labute approximate surface area is 91.7 Å². The van der Waals surface area contributed by atoms with Gasteiger partial charge in [0.15, 0.2) is 6.21 Å². The highest BCUT2D eigenvalue weighted by molar-refractivity contribution is 6.39. The number of ether oxygens (including phenoxy) is 1. The van der Waals surface area contributed by atoms with Gasteiger partial charge < -0.3 is 4.74 Å². The normalized spacial score (nSPS) is 14.9. The maximum absolute atomic E-state index is 11.5. The van der Waals surface area contributed by atoms with E-state index in [1.165, 1.54) is 17.0 Å². The molecule has 0 aliphatic carbocycles. The Kier molecular flexibility index (Phi) is 2.59. The van der Waals surface area contributed by atoms with Crippen molar-refractivity contribution in [2.24, 2.45) is 4.99 Å². The maximum Gasteiger partial charge on any atom is 0.485 e. The van der Waals surface area contributed by atoms with Crippen molar-refractivity contribution >= 4 is 29.9 Å². The summed E-state index contributed by atoms with van der Waals surface area (Å²) in [4.78, 5) is 25.9. The quantitative estimate of drug-likeness (QED) is 0.537. The molecule has 2 rings (SSSR count). The van der Waals surface area contributed by atoms with Crippen LogP contribution in [0.4, 0.5) is 5.69 Å². The van der Waals surface area contributed by atoms with Crippen LogP contribution >= 0.6 is 0 Å². The van der Waals surface area contributed by atoms with Crippen LogP contribution in [0.3, 0.4) is 0 Å². The van der Waals surface area contributed by atoms with Crippen LogP contribution in [0.25, 0.3) is 0 Å². The minimum absolute atomic E-state index is 0.602. The number of methoxy groups -OCH3 is 1. The molecule has 1 aliphatic heterocycles. The molecule has 0 spiro atoms. The number of rotatable bonds is 2. The van der Waals surface area contributed by atoms with Crippen LogP contribution in [-0.4, -0.2) is 35.9 Å². The number of hydrogen-bond acceptors (Lipinski definition) is 3. The summed E-state index contributed by atoms with van der Waals surface area (Å²) in [6.07, 6.45) is 2.75. The molecule has 1 heterocycles. The van der Waals surface area contributed by atoms with Gasteiger partial charge in [-0.15, -0.1) is 4.58 Å². The van der Waals surface area contributed by atoms with Crippen molar-refractivity contribution in [2.75, 3.05) is 7.11 Å². The first-order chi connectivity index (χ1) is 7.72. The second kappa shape index (κ2) is 4.06. The summed E-state index contributed by atoms with van der Waals surface area (Å²) in [5.41, 5.74) is 0.602. The van der Waals surface area contributed by atoms with Crippen molar-refractivity contribution in [3.63, 3.8) is 0 Å². The lowest BCUT2D eigenvalue weighted by Gasteiger charge is -2.01. The number of carbonyl (C=O) groups is 2. The van der Waals surface area contributed by atoms with Crippen LogP contribution in [0.1, 0.15) is 0 Å². The van der Waals surface area contributed by atoms with Crippen molar-refractivity contribution in [3.8, 4) is 5.75 Å². The molecule has 2 amide bonds. The average molecular weight is 217 g/mol. The predicted octanol–water partition coefficient (Wildman–Crippen LogP) is 0.548. The van der Waals surface area contributed by atoms with E-state index in [2.05, 4.69) is 4.99 Å². The highest BCUT2D eigenvalue weighted by Gasteiger charge is 2.30. The van der Waals surface area contributed by atoms with E-state index in [9.17, 15) is 9.59 Å². The zero-order valence-corrected chi connectivity index (χ0v) is 8.58. The Morgan fingerprint density at radius 1 is 1.19 bits per heavy atom. The zero-order chi connectivity index (χ0) is 11.5. The monoisotopic (exact) mass is 217 g/mol. The fourth-order valence-electron chi connectivity index (χ4n) is 1.34. The molecule has 0 saturated heterocycles. The first-order valence-corrected chi connectivity index (χ1v) is 4.61. The molecule has 0 radical (unpaired) electrons. The molecule has 80 valence electrons. The number of nitrogens with zero attached hydrogens (tertiary/aromatic N) is 2. The molecule has 0 atom stereocenters. The van der Waals surface area contributed by atoms with E-state index in [1.54, 1.807) is 31.4 Å². The Bertz CT molecular complexity index is 500. The van der Waals surface area contributed by atoms with Crippen LogP contribution in [0, 0.1) is 0 Å². The SMILES string of the molecule is COc1ccc([N+]2=CC=NC(=O)C2=O)cc1. The molecule has 5 heteroatoms. The number of amides is 2. The van der Waals surface area contributed by atoms with Gasteiger partial charge in [-0.2, -0.15) is 0 Å². The molecule has 0 bridgehead atoms. The van der Waals surface area contributed by atoms with Crippen molar-refractivity contribution < 1.29 is 18.9 Å². The fraction of sp³-hybridized carbons (Fsp3) is 0.0909. The third-order valence-electron chi connectivity index (χ3n) is 2.16. The van der Waals surface area contributed by atoms with Crippen molar-refractivity contribution in [1.29, 1.82) is 0 Å². The van der Waals surface area contributed by atoms with Crippen LogP contribution in [0.5, 0.6) is 5.75 Å². The topological polar surface area (TPSA) is 58.7 Å². The Balaban J connectivity index is 2.37. The zero-order valence-electron chi connectivity index (χ0n) is 8.58. The minimum atomic E-state index is -0.765. The third-order valence-corrected chi connectivity index (χ3v) is 2.16. The van der Waals surface area contributed by atoms with Gasteiger partial charge in [0.2, 0.25) is 5.69 Å². The summed E-state index contributed by atoms with van der Waals surface area (Å²) in [5, 5.41) is 0. The van der Waals surface area contributed by atoms with Crippen molar-refractivity contribution in [1.82, 2.24) is 0 Å². The van der Waals surface area contributed by atoms with Gasteiger partial charge in [0.25, 0.3) is 0 Å². The number of carbonyl (C=O) groups excluding carboxylic acids is 2. The van der Waals surface area contributed by atoms with Crippen molar-refractivity contribution in [2.45, 2.75) is 0 Å². The van der Waals surface area contributed by atoms with Crippen LogP contribution < -0.4 is 4.74 Å². The summed E-state index contributed by atoms with van der Waals surface area (Å²) in [6.45, 7) is 0. The lowest BCUT2D eigenvalue weighted by Crippen LogP contribution is -2.28. The van der Waals surface area contributed by atoms with E-state index in [0.29, 0.717) is 11.4 Å². The van der Waals surface area contributed by atoms with Gasteiger partial charge in [-0.3, -0.25) is 4.79 Å². The van der Waals surface area contributed by atoms with Gasteiger partial charge >= 0.3 is 11.8 Å². The Morgan fingerprint density at radius 2 is 1.88 bits per heavy atom. The Morgan fingerprint density at radius 3 is 2.50 bits per heavy atom. The number of benzene rings is 1. The fourth-order valence-corrected chi connectivity index (χ4v) is 1.34. The molecule has 0 fully saturated rings. The molecule has 1 aromatic carbocycles. The largest absolute Gasteiger partial charge is 0.497 e. The average Bonchev–Trinajstić information content (AvgIpc) is 2.33. The van der Waals surface area contributed by atoms with Gasteiger partial charge in [-0.1, -0.05) is 0 Å². The lowest BCUT2D eigenvalue weighted by atomic mass is 10.3. The van der Waals surface area contributed by atoms with E-state index < -0.39 is 11.8 Å². The van der Waals surface area contributed by atoms with E-state index in [-0.39, 0.29) is 0 Å². The minimum Gasteiger partial charge on any atom is -0.497 e. The Hall–Kier alpha value is -2.30. The molecule has 16 heavy (non-hydrogen) atoms. The molecule has 0 saturated carbocycles. The molecule has 0 N–H and O–H groups in total. The molecule has 1 aromatic rings. The predicted molar refractivity (Wildman–Crippen MR) is 57.5 cm³/mol. The van der Waals surface area contributed by atoms with E-state index in [0.717, 1.165) is 0 Å². The molecule has 0 aromatic heterocycles. The van der Waals surface area contributed by atoms with Crippen LogP contribution in [-0.2, 0) is 9.59 Å². The molecular formula is C11H9N2O3+. The van der Waals surface area contributed by atoms with Gasteiger partial charge in [0.05, 0.1) is 13.3 Å². The number of hydrogen-bond donors (Lipinski definition) is 0. The first-order valence-electron chi connectivity index (χ1n) is 4.61. The van der Waals surface area contributed by atoms with E-state index in [4.69, 9.17) is 4.74 Å². The summed E-state index contributed by atoms with van der Waals surface area (Å²) in [7, 11) is 1.56. The highest BCUT2D eigenvalue weighted by Crippen LogP contribution is 2.18. The summed E-state index contributed by atoms with van der Waals surface area (Å²) in [5.74, 6) is -0.737. The standard InChI is InChI=1S/C11H9N2O3/c1-16-9-4-2-8(3-5-9)13-7-6-12-10(14)11(13)15/h2-7H,1H3/q+1. The third kappa shape index (κ3) is 1.75. The highest BCUT2D eigenvalue weighted by atomic mass is 16.5. The van der Waals surface area contributed by atoms with Gasteiger partial charge in [0.1, 0.15) is 5.75 Å². The second-order valence-electron chi connectivity index (χ2n) is 3.11. The van der Waals surface area contributed by atoms with Crippen LogP contribution in [0.15, 0.2) is 29.3 Å². The molecule has 1 aliphatic rings. The summed E-state index contributed by atoms with van der Waals surface area (Å²) < 4.78 is 6.24. The molecule has 0 unspecified atom stereocenters. The smallest absolute Gasteiger partial charge is 0.485 e. The van der Waals surface area contributed by atoms with Crippen LogP contribution in [0.2, 0.25) is 0 Å². The molecule has 5 nitrogen and oxygen atoms in total. The van der Waals surface area contributed by atoms with E-state index in [1.807, 2.05) is 0 Å². The maximum atomic E-state index is 11.5. The molecular weight excluding hydrogens is 208 g/mol. The van der Waals surface area contributed by atoms with Gasteiger partial charge in [-0.05, 0) is 12.1 Å². The summed E-state index contributed by atoms with van der Waals surface area (Å²) in [6, 6.07) is 6.82. The van der Waals surface area contributed by atoms with Gasteiger partial charge in [0, 0.05) is 12.1 Å². The van der Waals surface area contributed by atoms with Gasteiger partial charge in [-0.25, -0.2) is 9.79 Å².